The summed E-state index contributed by atoms with van der Waals surface area (Å²) < 4.78 is 11.2. The Balaban J connectivity index is 1.40. The van der Waals surface area contributed by atoms with Crippen LogP contribution in [0.3, 0.4) is 0 Å². The maximum absolute atomic E-state index is 13.4. The van der Waals surface area contributed by atoms with E-state index in [1.165, 1.54) is 6.42 Å². The van der Waals surface area contributed by atoms with Gasteiger partial charge in [-0.15, -0.1) is 0 Å². The Bertz CT molecular complexity index is 935. The largest absolute Gasteiger partial charge is 0.484 e. The number of hydrogen-bond donors (Lipinski definition) is 1. The van der Waals surface area contributed by atoms with E-state index >= 15 is 0 Å². The van der Waals surface area contributed by atoms with Crippen molar-refractivity contribution < 1.29 is 19.1 Å². The number of hydrogen-bond acceptors (Lipinski definition) is 4. The number of carbonyl (C=O) groups excluding carboxylic acids is 2. The molecule has 4 rings (SSSR count). The number of halogens is 1. The van der Waals surface area contributed by atoms with E-state index in [4.69, 9.17) is 21.1 Å². The minimum atomic E-state index is -0.730. The van der Waals surface area contributed by atoms with Crippen LogP contribution in [0.15, 0.2) is 48.5 Å². The third-order valence-electron chi connectivity index (χ3n) is 6.35. The van der Waals surface area contributed by atoms with E-state index in [0.29, 0.717) is 42.5 Å². The van der Waals surface area contributed by atoms with Crippen LogP contribution in [0, 0.1) is 0 Å². The summed E-state index contributed by atoms with van der Waals surface area (Å²) >= 11 is 6.46. The van der Waals surface area contributed by atoms with Gasteiger partial charge in [-0.3, -0.25) is 9.59 Å². The van der Waals surface area contributed by atoms with E-state index in [2.05, 4.69) is 5.32 Å². The number of anilines is 1. The van der Waals surface area contributed by atoms with Crippen LogP contribution in [-0.4, -0.2) is 49.6 Å². The third-order valence-corrected chi connectivity index (χ3v) is 6.68. The van der Waals surface area contributed by atoms with Gasteiger partial charge in [-0.2, -0.15) is 0 Å². The van der Waals surface area contributed by atoms with Gasteiger partial charge in [0.1, 0.15) is 5.75 Å². The van der Waals surface area contributed by atoms with Crippen LogP contribution in [0.25, 0.3) is 0 Å². The quantitative estimate of drug-likeness (QED) is 0.698. The van der Waals surface area contributed by atoms with E-state index in [1.807, 2.05) is 29.2 Å². The number of rotatable bonds is 6. The molecule has 0 spiro atoms. The first-order valence-corrected chi connectivity index (χ1v) is 11.6. The molecule has 0 radical (unpaired) electrons. The number of ether oxygens (including phenoxy) is 2. The Labute approximate surface area is 193 Å². The van der Waals surface area contributed by atoms with E-state index in [1.54, 1.807) is 24.3 Å². The molecule has 32 heavy (non-hydrogen) atoms. The van der Waals surface area contributed by atoms with Crippen LogP contribution in [-0.2, 0) is 19.7 Å². The minimum absolute atomic E-state index is 0.0169. The molecular formula is C25H29ClN2O4. The molecule has 0 aliphatic carbocycles. The Hall–Kier alpha value is -2.57. The van der Waals surface area contributed by atoms with Crippen molar-refractivity contribution in [3.63, 3.8) is 0 Å². The number of carbonyl (C=O) groups is 2. The van der Waals surface area contributed by atoms with Crippen LogP contribution < -0.4 is 10.1 Å². The molecule has 2 heterocycles. The van der Waals surface area contributed by atoms with E-state index in [9.17, 15) is 9.59 Å². The van der Waals surface area contributed by atoms with Crippen LogP contribution in [0.4, 0.5) is 5.69 Å². The lowest BCUT2D eigenvalue weighted by Crippen LogP contribution is -2.45. The van der Waals surface area contributed by atoms with Crippen molar-refractivity contribution >= 4 is 29.1 Å². The summed E-state index contributed by atoms with van der Waals surface area (Å²) in [5.41, 5.74) is 0.772. The molecule has 0 unspecified atom stereocenters. The second-order valence-electron chi connectivity index (χ2n) is 8.38. The molecule has 0 atom stereocenters. The third kappa shape index (κ3) is 5.08. The lowest BCUT2D eigenvalue weighted by atomic mass is 9.73. The molecule has 0 aromatic heterocycles. The lowest BCUT2D eigenvalue weighted by molar-refractivity contribution is -0.134. The van der Waals surface area contributed by atoms with Crippen molar-refractivity contribution in [2.75, 3.05) is 38.2 Å². The summed E-state index contributed by atoms with van der Waals surface area (Å²) in [7, 11) is 0. The van der Waals surface area contributed by atoms with E-state index < -0.39 is 5.41 Å². The standard InChI is InChI=1S/C25H29ClN2O4/c26-22-7-3-2-6-21(22)25(12-16-31-17-13-25)24(30)27-19-8-10-20(11-9-19)32-18-23(29)28-14-4-1-5-15-28/h2-3,6-11H,1,4-5,12-18H2,(H,27,30). The number of likely N-dealkylation sites (tertiary alicyclic amines) is 1. The molecule has 2 aliphatic rings. The zero-order valence-electron chi connectivity index (χ0n) is 18.1. The first kappa shape index (κ1) is 22.6. The molecule has 0 saturated carbocycles. The van der Waals surface area contributed by atoms with Crippen LogP contribution in [0.2, 0.25) is 5.02 Å². The summed E-state index contributed by atoms with van der Waals surface area (Å²) in [4.78, 5) is 27.6. The molecule has 1 N–H and O–H groups in total. The van der Waals surface area contributed by atoms with Crippen molar-refractivity contribution in [1.29, 1.82) is 0 Å². The van der Waals surface area contributed by atoms with Gasteiger partial charge in [0.15, 0.2) is 6.61 Å². The second kappa shape index (κ2) is 10.4. The maximum Gasteiger partial charge on any atom is 0.260 e. The molecule has 7 heteroatoms. The van der Waals surface area contributed by atoms with Gasteiger partial charge < -0.3 is 19.7 Å². The number of piperidine rings is 1. The highest BCUT2D eigenvalue weighted by Gasteiger charge is 2.43. The van der Waals surface area contributed by atoms with Gasteiger partial charge in [-0.25, -0.2) is 0 Å². The normalized spacial score (nSPS) is 18.1. The number of nitrogens with zero attached hydrogens (tertiary/aromatic N) is 1. The average molecular weight is 457 g/mol. The zero-order chi connectivity index (χ0) is 22.4. The molecule has 2 fully saturated rings. The molecule has 2 aromatic carbocycles. The Morgan fingerprint density at radius 2 is 1.69 bits per heavy atom. The summed E-state index contributed by atoms with van der Waals surface area (Å²) in [5.74, 6) is 0.520. The van der Waals surface area contributed by atoms with Crippen LogP contribution in [0.1, 0.15) is 37.7 Å². The summed E-state index contributed by atoms with van der Waals surface area (Å²) in [6.07, 6.45) is 4.44. The Morgan fingerprint density at radius 3 is 2.38 bits per heavy atom. The molecule has 0 bridgehead atoms. The average Bonchev–Trinajstić information content (AvgIpc) is 2.84. The SMILES string of the molecule is O=C(COc1ccc(NC(=O)C2(c3ccccc3Cl)CCOCC2)cc1)N1CCCCC1. The summed E-state index contributed by atoms with van der Waals surface area (Å²) in [6, 6.07) is 14.6. The van der Waals surface area contributed by atoms with Gasteiger partial charge >= 0.3 is 0 Å². The highest BCUT2D eigenvalue weighted by molar-refractivity contribution is 6.31. The smallest absolute Gasteiger partial charge is 0.260 e. The molecule has 2 saturated heterocycles. The van der Waals surface area contributed by atoms with Crippen molar-refractivity contribution in [2.45, 2.75) is 37.5 Å². The monoisotopic (exact) mass is 456 g/mol. The Kier molecular flexibility index (Phi) is 7.33. The van der Waals surface area contributed by atoms with Gasteiger partial charge in [0.05, 0.1) is 5.41 Å². The zero-order valence-corrected chi connectivity index (χ0v) is 18.9. The fourth-order valence-electron chi connectivity index (χ4n) is 4.45. The summed E-state index contributed by atoms with van der Waals surface area (Å²) in [5, 5.41) is 3.63. The minimum Gasteiger partial charge on any atom is -0.484 e. The molecular weight excluding hydrogens is 428 g/mol. The lowest BCUT2D eigenvalue weighted by Gasteiger charge is -2.36. The van der Waals surface area contributed by atoms with E-state index in [0.717, 1.165) is 31.5 Å². The molecule has 6 nitrogen and oxygen atoms in total. The fourth-order valence-corrected chi connectivity index (χ4v) is 4.77. The first-order valence-electron chi connectivity index (χ1n) is 11.2. The maximum atomic E-state index is 13.4. The van der Waals surface area contributed by atoms with Crippen molar-refractivity contribution in [3.05, 3.63) is 59.1 Å². The molecule has 2 amide bonds. The van der Waals surface area contributed by atoms with Crippen LogP contribution in [0.5, 0.6) is 5.75 Å². The first-order chi connectivity index (χ1) is 15.6. The van der Waals surface area contributed by atoms with Crippen molar-refractivity contribution in [1.82, 2.24) is 4.90 Å². The predicted molar refractivity (Wildman–Crippen MR) is 124 cm³/mol. The number of amides is 2. The molecule has 2 aromatic rings. The van der Waals surface area contributed by atoms with Gasteiger partial charge in [-0.05, 0) is 68.0 Å². The Morgan fingerprint density at radius 1 is 1.00 bits per heavy atom. The topological polar surface area (TPSA) is 67.9 Å². The fraction of sp³-hybridized carbons (Fsp3) is 0.440. The van der Waals surface area contributed by atoms with Gasteiger partial charge in [0.25, 0.3) is 5.91 Å². The highest BCUT2D eigenvalue weighted by atomic mass is 35.5. The highest BCUT2D eigenvalue weighted by Crippen LogP contribution is 2.39. The number of benzene rings is 2. The second-order valence-corrected chi connectivity index (χ2v) is 8.79. The van der Waals surface area contributed by atoms with Crippen molar-refractivity contribution in [3.8, 4) is 5.75 Å². The van der Waals surface area contributed by atoms with E-state index in [-0.39, 0.29) is 18.4 Å². The molecule has 2 aliphatic heterocycles. The van der Waals surface area contributed by atoms with Crippen LogP contribution >= 0.6 is 11.6 Å². The number of nitrogens with one attached hydrogen (secondary N) is 1. The molecule has 170 valence electrons. The summed E-state index contributed by atoms with van der Waals surface area (Å²) in [6.45, 7) is 2.67. The van der Waals surface area contributed by atoms with Crippen molar-refractivity contribution in [2.24, 2.45) is 0 Å². The predicted octanol–water partition coefficient (Wildman–Crippen LogP) is 4.42. The van der Waals surface area contributed by atoms with Gasteiger partial charge in [0.2, 0.25) is 5.91 Å². The van der Waals surface area contributed by atoms with Gasteiger partial charge in [0, 0.05) is 37.0 Å². The van der Waals surface area contributed by atoms with Gasteiger partial charge in [-0.1, -0.05) is 29.8 Å².